The minimum absolute atomic E-state index is 0. The summed E-state index contributed by atoms with van der Waals surface area (Å²) in [4.78, 5) is 12.1. The van der Waals surface area contributed by atoms with Crippen molar-refractivity contribution in [3.05, 3.63) is 35.4 Å². The van der Waals surface area contributed by atoms with E-state index in [-0.39, 0.29) is 36.0 Å². The first-order valence-electron chi connectivity index (χ1n) is 9.48. The van der Waals surface area contributed by atoms with Crippen molar-refractivity contribution in [3.8, 4) is 0 Å². The fourth-order valence-corrected chi connectivity index (χ4v) is 5.46. The van der Waals surface area contributed by atoms with Crippen LogP contribution in [0.2, 0.25) is 0 Å². The standard InChI is InChI=1S/C19H29N3O3S.ClH/c1-15-5-2-6-16(11-15)14-26(24,25)22-10-4-7-17(13-22)12-21-19(23)18-8-3-9-20-18;/h2,5-6,11,17-18,20H,3-4,7-10,12-14H2,1H3,(H,21,23);1H. The topological polar surface area (TPSA) is 78.5 Å². The third-order valence-electron chi connectivity index (χ3n) is 5.25. The first-order valence-corrected chi connectivity index (χ1v) is 11.1. The van der Waals surface area contributed by atoms with E-state index in [2.05, 4.69) is 10.6 Å². The number of nitrogens with one attached hydrogen (secondary N) is 2. The van der Waals surface area contributed by atoms with Gasteiger partial charge in [-0.15, -0.1) is 12.4 Å². The van der Waals surface area contributed by atoms with Gasteiger partial charge in [0.1, 0.15) is 0 Å². The van der Waals surface area contributed by atoms with Crippen LogP contribution in [-0.2, 0) is 20.6 Å². The third-order valence-corrected chi connectivity index (χ3v) is 7.07. The van der Waals surface area contributed by atoms with E-state index in [1.54, 1.807) is 4.31 Å². The van der Waals surface area contributed by atoms with Crippen LogP contribution in [0.25, 0.3) is 0 Å². The minimum Gasteiger partial charge on any atom is -0.354 e. The van der Waals surface area contributed by atoms with Gasteiger partial charge in [-0.05, 0) is 50.6 Å². The zero-order valence-corrected chi connectivity index (χ0v) is 17.4. The lowest BCUT2D eigenvalue weighted by Gasteiger charge is -2.32. The van der Waals surface area contributed by atoms with Crippen molar-refractivity contribution in [2.24, 2.45) is 5.92 Å². The first kappa shape index (κ1) is 22.1. The molecule has 2 saturated heterocycles. The Bertz CT molecular complexity index is 735. The lowest BCUT2D eigenvalue weighted by atomic mass is 9.99. The van der Waals surface area contributed by atoms with Crippen LogP contribution in [0.3, 0.4) is 0 Å². The van der Waals surface area contributed by atoms with Crippen molar-refractivity contribution >= 4 is 28.3 Å². The molecule has 0 radical (unpaired) electrons. The molecule has 1 aromatic carbocycles. The SMILES string of the molecule is Cc1cccc(CS(=O)(=O)N2CCCC(CNC(=O)C3CCCN3)C2)c1.Cl. The van der Waals surface area contributed by atoms with Gasteiger partial charge in [-0.1, -0.05) is 29.8 Å². The zero-order valence-electron chi connectivity index (χ0n) is 15.8. The molecule has 2 N–H and O–H groups in total. The molecule has 152 valence electrons. The Kier molecular flexibility index (Phi) is 8.09. The van der Waals surface area contributed by atoms with Crippen molar-refractivity contribution < 1.29 is 13.2 Å². The van der Waals surface area contributed by atoms with E-state index in [1.807, 2.05) is 31.2 Å². The zero-order chi connectivity index (χ0) is 18.6. The number of aryl methyl sites for hydroxylation is 1. The molecule has 0 spiro atoms. The Labute approximate surface area is 168 Å². The molecule has 0 aromatic heterocycles. The minimum atomic E-state index is -3.33. The Hall–Kier alpha value is -1.15. The number of hydrogen-bond donors (Lipinski definition) is 2. The number of nitrogens with zero attached hydrogens (tertiary/aromatic N) is 1. The second kappa shape index (κ2) is 9.87. The van der Waals surface area contributed by atoms with Gasteiger partial charge >= 0.3 is 0 Å². The van der Waals surface area contributed by atoms with Gasteiger partial charge < -0.3 is 10.6 Å². The quantitative estimate of drug-likeness (QED) is 0.742. The van der Waals surface area contributed by atoms with Crippen LogP contribution in [0.15, 0.2) is 24.3 Å². The molecule has 27 heavy (non-hydrogen) atoms. The maximum Gasteiger partial charge on any atom is 0.237 e. The number of halogens is 1. The summed E-state index contributed by atoms with van der Waals surface area (Å²) in [5, 5.41) is 6.19. The molecule has 1 aromatic rings. The number of sulfonamides is 1. The molecular weight excluding hydrogens is 386 g/mol. The summed E-state index contributed by atoms with van der Waals surface area (Å²) in [5.74, 6) is 0.267. The van der Waals surface area contributed by atoms with Crippen LogP contribution >= 0.6 is 12.4 Å². The molecule has 2 unspecified atom stereocenters. The van der Waals surface area contributed by atoms with Crippen LogP contribution < -0.4 is 10.6 Å². The van der Waals surface area contributed by atoms with Crippen LogP contribution in [0, 0.1) is 12.8 Å². The maximum atomic E-state index is 12.8. The summed E-state index contributed by atoms with van der Waals surface area (Å²) in [6, 6.07) is 7.56. The second-order valence-corrected chi connectivity index (χ2v) is 9.47. The molecule has 2 fully saturated rings. The largest absolute Gasteiger partial charge is 0.354 e. The van der Waals surface area contributed by atoms with Crippen LogP contribution in [0.1, 0.15) is 36.8 Å². The molecule has 0 bridgehead atoms. The highest BCUT2D eigenvalue weighted by Crippen LogP contribution is 2.21. The summed E-state index contributed by atoms with van der Waals surface area (Å²) in [7, 11) is -3.33. The van der Waals surface area contributed by atoms with E-state index in [1.165, 1.54) is 0 Å². The first-order chi connectivity index (χ1) is 12.4. The molecule has 2 aliphatic rings. The molecule has 0 saturated carbocycles. The number of piperidine rings is 1. The molecule has 6 nitrogen and oxygen atoms in total. The van der Waals surface area contributed by atoms with Crippen molar-refractivity contribution in [2.75, 3.05) is 26.2 Å². The van der Waals surface area contributed by atoms with Crippen molar-refractivity contribution in [2.45, 2.75) is 44.4 Å². The number of amides is 1. The van der Waals surface area contributed by atoms with Gasteiger partial charge in [-0.25, -0.2) is 12.7 Å². The number of benzene rings is 1. The summed E-state index contributed by atoms with van der Waals surface area (Å²) in [6.45, 7) is 4.48. The highest BCUT2D eigenvalue weighted by Gasteiger charge is 2.30. The average Bonchev–Trinajstić information content (AvgIpc) is 3.14. The van der Waals surface area contributed by atoms with E-state index in [0.717, 1.165) is 43.4 Å². The second-order valence-electron chi connectivity index (χ2n) is 7.51. The van der Waals surface area contributed by atoms with E-state index < -0.39 is 10.0 Å². The summed E-state index contributed by atoms with van der Waals surface area (Å²) in [5.41, 5.74) is 1.89. The highest BCUT2D eigenvalue weighted by atomic mass is 35.5. The Morgan fingerprint density at radius 2 is 2.11 bits per heavy atom. The van der Waals surface area contributed by atoms with Gasteiger partial charge in [0.15, 0.2) is 0 Å². The number of carbonyl (C=O) groups excluding carboxylic acids is 1. The van der Waals surface area contributed by atoms with E-state index in [0.29, 0.717) is 19.6 Å². The normalized spacial score (nSPS) is 23.6. The Balaban J connectivity index is 0.00000261. The van der Waals surface area contributed by atoms with E-state index >= 15 is 0 Å². The lowest BCUT2D eigenvalue weighted by molar-refractivity contribution is -0.123. The molecule has 3 rings (SSSR count). The highest BCUT2D eigenvalue weighted by molar-refractivity contribution is 7.88. The summed E-state index contributed by atoms with van der Waals surface area (Å²) >= 11 is 0. The van der Waals surface area contributed by atoms with Gasteiger partial charge in [0.2, 0.25) is 15.9 Å². The van der Waals surface area contributed by atoms with Crippen LogP contribution in [0.5, 0.6) is 0 Å². The molecule has 2 atom stereocenters. The summed E-state index contributed by atoms with van der Waals surface area (Å²) < 4.78 is 27.2. The molecule has 2 aliphatic heterocycles. The fraction of sp³-hybridized carbons (Fsp3) is 0.632. The predicted octanol–water partition coefficient (Wildman–Crippen LogP) is 1.83. The Morgan fingerprint density at radius 1 is 1.30 bits per heavy atom. The molecule has 8 heteroatoms. The van der Waals surface area contributed by atoms with Crippen LogP contribution in [0.4, 0.5) is 0 Å². The summed E-state index contributed by atoms with van der Waals surface area (Å²) in [6.07, 6.45) is 3.71. The van der Waals surface area contributed by atoms with E-state index in [4.69, 9.17) is 0 Å². The molecule has 0 aliphatic carbocycles. The van der Waals surface area contributed by atoms with Gasteiger partial charge in [-0.3, -0.25) is 4.79 Å². The van der Waals surface area contributed by atoms with Gasteiger partial charge in [-0.2, -0.15) is 0 Å². The number of hydrogen-bond acceptors (Lipinski definition) is 4. The molecular formula is C19H30ClN3O3S. The van der Waals surface area contributed by atoms with Crippen molar-refractivity contribution in [1.29, 1.82) is 0 Å². The van der Waals surface area contributed by atoms with Gasteiger partial charge in [0.25, 0.3) is 0 Å². The van der Waals surface area contributed by atoms with Crippen molar-refractivity contribution in [3.63, 3.8) is 0 Å². The lowest BCUT2D eigenvalue weighted by Crippen LogP contribution is -2.46. The maximum absolute atomic E-state index is 12.8. The Morgan fingerprint density at radius 3 is 2.81 bits per heavy atom. The molecule has 2 heterocycles. The smallest absolute Gasteiger partial charge is 0.237 e. The van der Waals surface area contributed by atoms with Crippen molar-refractivity contribution in [1.82, 2.24) is 14.9 Å². The van der Waals surface area contributed by atoms with E-state index in [9.17, 15) is 13.2 Å². The molecule has 1 amide bonds. The number of carbonyl (C=O) groups is 1. The monoisotopic (exact) mass is 415 g/mol. The van der Waals surface area contributed by atoms with Crippen LogP contribution in [-0.4, -0.2) is 50.9 Å². The third kappa shape index (κ3) is 6.17. The van der Waals surface area contributed by atoms with Gasteiger partial charge in [0, 0.05) is 19.6 Å². The average molecular weight is 416 g/mol. The number of rotatable bonds is 6. The van der Waals surface area contributed by atoms with Gasteiger partial charge in [0.05, 0.1) is 11.8 Å². The fourth-order valence-electron chi connectivity index (χ4n) is 3.83. The predicted molar refractivity (Wildman–Crippen MR) is 109 cm³/mol.